The molecule has 1 saturated heterocycles. The highest BCUT2D eigenvalue weighted by Crippen LogP contribution is 2.46. The molecule has 3 aromatic rings. The molecule has 2 N–H and O–H groups in total. The summed E-state index contributed by atoms with van der Waals surface area (Å²) in [5.41, 5.74) is 2.62. The van der Waals surface area contributed by atoms with E-state index in [1.54, 1.807) is 24.1 Å². The molecule has 154 valence electrons. The van der Waals surface area contributed by atoms with Gasteiger partial charge in [-0.1, -0.05) is 42.5 Å². The Morgan fingerprint density at radius 2 is 1.63 bits per heavy atom. The van der Waals surface area contributed by atoms with Gasteiger partial charge in [0.2, 0.25) is 5.91 Å². The summed E-state index contributed by atoms with van der Waals surface area (Å²) in [6, 6.07) is 23.8. The number of carbonyl (C=O) groups excluding carboxylic acids is 1. The monoisotopic (exact) mass is 403 g/mol. The lowest BCUT2D eigenvalue weighted by molar-refractivity contribution is -0.131. The number of β-lactam (4-membered cyclic amide) rings is 1. The smallest absolute Gasteiger partial charge is 0.233 e. The molecule has 0 unspecified atom stereocenters. The van der Waals surface area contributed by atoms with E-state index >= 15 is 0 Å². The first-order valence-corrected chi connectivity index (χ1v) is 10.1. The van der Waals surface area contributed by atoms with Gasteiger partial charge < -0.3 is 19.8 Å². The number of rotatable bonds is 7. The van der Waals surface area contributed by atoms with E-state index in [0.29, 0.717) is 12.8 Å². The molecular formula is C25H25NO4. The number of hydrogen-bond acceptors (Lipinski definition) is 4. The van der Waals surface area contributed by atoms with Gasteiger partial charge in [0, 0.05) is 5.69 Å². The van der Waals surface area contributed by atoms with Gasteiger partial charge in [-0.3, -0.25) is 4.79 Å². The highest BCUT2D eigenvalue weighted by Gasteiger charge is 2.48. The molecule has 1 aliphatic heterocycles. The number of benzene rings is 3. The molecule has 1 heterocycles. The molecule has 3 atom stereocenters. The summed E-state index contributed by atoms with van der Waals surface area (Å²) in [4.78, 5) is 14.9. The maximum Gasteiger partial charge on any atom is 0.233 e. The second-order valence-electron chi connectivity index (χ2n) is 7.55. The number of aliphatic hydroxyl groups excluding tert-OH is 1. The van der Waals surface area contributed by atoms with Crippen LogP contribution in [0.1, 0.15) is 36.1 Å². The lowest BCUT2D eigenvalue weighted by Gasteiger charge is -2.48. The third kappa shape index (κ3) is 3.89. The Morgan fingerprint density at radius 1 is 0.967 bits per heavy atom. The normalized spacial score (nSPS) is 19.3. The van der Waals surface area contributed by atoms with Crippen LogP contribution in [-0.2, 0) is 4.79 Å². The molecular weight excluding hydrogens is 378 g/mol. The van der Waals surface area contributed by atoms with Crippen LogP contribution in [0.5, 0.6) is 11.5 Å². The van der Waals surface area contributed by atoms with E-state index in [9.17, 15) is 15.0 Å². The number of methoxy groups -OCH3 is 1. The largest absolute Gasteiger partial charge is 0.508 e. The van der Waals surface area contributed by atoms with Crippen LogP contribution in [0.15, 0.2) is 78.9 Å². The van der Waals surface area contributed by atoms with Gasteiger partial charge in [-0.05, 0) is 60.4 Å². The van der Waals surface area contributed by atoms with E-state index in [2.05, 4.69) is 0 Å². The van der Waals surface area contributed by atoms with E-state index in [4.69, 9.17) is 4.74 Å². The van der Waals surface area contributed by atoms with Gasteiger partial charge in [0.25, 0.3) is 0 Å². The van der Waals surface area contributed by atoms with Crippen molar-refractivity contribution < 1.29 is 19.7 Å². The molecule has 0 radical (unpaired) electrons. The number of anilines is 1. The second kappa shape index (κ2) is 8.59. The van der Waals surface area contributed by atoms with Gasteiger partial charge in [0.1, 0.15) is 11.5 Å². The number of ether oxygens (including phenoxy) is 1. The first-order valence-electron chi connectivity index (χ1n) is 10.1. The van der Waals surface area contributed by atoms with Gasteiger partial charge in [0.15, 0.2) is 0 Å². The molecule has 1 fully saturated rings. The molecule has 5 heteroatoms. The summed E-state index contributed by atoms with van der Waals surface area (Å²) >= 11 is 0. The molecule has 30 heavy (non-hydrogen) atoms. The average molecular weight is 403 g/mol. The Hall–Kier alpha value is -3.31. The maximum absolute atomic E-state index is 13.1. The quantitative estimate of drug-likeness (QED) is 0.565. The molecule has 1 aliphatic rings. The number of amides is 1. The minimum absolute atomic E-state index is 0.0403. The fourth-order valence-electron chi connectivity index (χ4n) is 4.09. The number of phenols is 1. The Bertz CT molecular complexity index is 986. The SMILES string of the molecule is COc1ccc(N2C(=O)[C@H](CC[C@H](O)c3ccccc3)[C@H]2c2ccc(O)cc2)cc1. The summed E-state index contributed by atoms with van der Waals surface area (Å²) in [5.74, 6) is 0.736. The van der Waals surface area contributed by atoms with Crippen LogP contribution < -0.4 is 9.64 Å². The second-order valence-corrected chi connectivity index (χ2v) is 7.55. The number of aromatic hydroxyl groups is 1. The van der Waals surface area contributed by atoms with Crippen LogP contribution in [0.4, 0.5) is 5.69 Å². The minimum Gasteiger partial charge on any atom is -0.508 e. The molecule has 1 amide bonds. The highest BCUT2D eigenvalue weighted by atomic mass is 16.5. The molecule has 0 spiro atoms. The Morgan fingerprint density at radius 3 is 2.27 bits per heavy atom. The van der Waals surface area contributed by atoms with Crippen molar-refractivity contribution in [1.82, 2.24) is 0 Å². The van der Waals surface area contributed by atoms with Crippen molar-refractivity contribution in [3.05, 3.63) is 90.0 Å². The van der Waals surface area contributed by atoms with Crippen LogP contribution in [0.2, 0.25) is 0 Å². The van der Waals surface area contributed by atoms with Crippen molar-refractivity contribution in [2.45, 2.75) is 25.0 Å². The standard InChI is InChI=1S/C25H25NO4/c1-30-21-13-9-19(10-14-21)26-24(18-7-11-20(27)12-8-18)22(25(26)29)15-16-23(28)17-5-3-2-4-6-17/h2-14,22-24,27-28H,15-16H2,1H3/t22-,23+,24-/m1/s1. The zero-order chi connectivity index (χ0) is 21.1. The number of hydrogen-bond donors (Lipinski definition) is 2. The van der Waals surface area contributed by atoms with Crippen molar-refractivity contribution in [3.8, 4) is 11.5 Å². The highest BCUT2D eigenvalue weighted by molar-refractivity contribution is 6.03. The maximum atomic E-state index is 13.1. The van der Waals surface area contributed by atoms with Crippen LogP contribution >= 0.6 is 0 Å². The van der Waals surface area contributed by atoms with Gasteiger partial charge in [0.05, 0.1) is 25.2 Å². The van der Waals surface area contributed by atoms with Crippen LogP contribution in [0.3, 0.4) is 0 Å². The first kappa shape index (κ1) is 20.0. The fourth-order valence-corrected chi connectivity index (χ4v) is 4.09. The van der Waals surface area contributed by atoms with Gasteiger partial charge in [-0.15, -0.1) is 0 Å². The van der Waals surface area contributed by atoms with Gasteiger partial charge in [-0.25, -0.2) is 0 Å². The Kier molecular flexibility index (Phi) is 5.72. The average Bonchev–Trinajstić information content (AvgIpc) is 2.79. The number of nitrogens with zero attached hydrogens (tertiary/aromatic N) is 1. The molecule has 0 aliphatic carbocycles. The van der Waals surface area contributed by atoms with Crippen molar-refractivity contribution in [1.29, 1.82) is 0 Å². The third-order valence-electron chi connectivity index (χ3n) is 5.73. The lowest BCUT2D eigenvalue weighted by Crippen LogP contribution is -2.55. The van der Waals surface area contributed by atoms with Crippen LogP contribution in [0.25, 0.3) is 0 Å². The van der Waals surface area contributed by atoms with Gasteiger partial charge in [-0.2, -0.15) is 0 Å². The van der Waals surface area contributed by atoms with Crippen LogP contribution in [0, 0.1) is 5.92 Å². The molecule has 3 aromatic carbocycles. The minimum atomic E-state index is -0.602. The molecule has 5 nitrogen and oxygen atoms in total. The predicted octanol–water partition coefficient (Wildman–Crippen LogP) is 4.62. The first-order chi connectivity index (χ1) is 14.6. The van der Waals surface area contributed by atoms with E-state index in [1.807, 2.05) is 66.7 Å². The summed E-state index contributed by atoms with van der Waals surface area (Å²) in [6.45, 7) is 0. The Balaban J connectivity index is 1.56. The number of carbonyl (C=O) groups is 1. The summed E-state index contributed by atoms with van der Waals surface area (Å²) < 4.78 is 5.22. The summed E-state index contributed by atoms with van der Waals surface area (Å²) in [7, 11) is 1.61. The van der Waals surface area contributed by atoms with Crippen molar-refractivity contribution >= 4 is 11.6 Å². The van der Waals surface area contributed by atoms with E-state index in [0.717, 1.165) is 22.6 Å². The van der Waals surface area contributed by atoms with E-state index < -0.39 is 6.10 Å². The number of phenolic OH excluding ortho intramolecular Hbond substituents is 1. The molecule has 0 aromatic heterocycles. The van der Waals surface area contributed by atoms with E-state index in [1.165, 1.54) is 0 Å². The molecule has 0 bridgehead atoms. The molecule has 4 rings (SSSR count). The van der Waals surface area contributed by atoms with Gasteiger partial charge >= 0.3 is 0 Å². The topological polar surface area (TPSA) is 70.0 Å². The zero-order valence-electron chi connectivity index (χ0n) is 16.8. The Labute approximate surface area is 176 Å². The fraction of sp³-hybridized carbons (Fsp3) is 0.240. The predicted molar refractivity (Wildman–Crippen MR) is 115 cm³/mol. The van der Waals surface area contributed by atoms with E-state index in [-0.39, 0.29) is 23.6 Å². The third-order valence-corrected chi connectivity index (χ3v) is 5.73. The van der Waals surface area contributed by atoms with Crippen LogP contribution in [-0.4, -0.2) is 23.2 Å². The molecule has 0 saturated carbocycles. The van der Waals surface area contributed by atoms with Crippen molar-refractivity contribution in [2.24, 2.45) is 5.92 Å². The summed E-state index contributed by atoms with van der Waals surface area (Å²) in [5, 5.41) is 20.2. The number of aliphatic hydroxyl groups is 1. The van der Waals surface area contributed by atoms with Crippen molar-refractivity contribution in [3.63, 3.8) is 0 Å². The zero-order valence-corrected chi connectivity index (χ0v) is 16.8. The summed E-state index contributed by atoms with van der Waals surface area (Å²) in [6.07, 6.45) is 0.480. The lowest BCUT2D eigenvalue weighted by atomic mass is 9.78. The van der Waals surface area contributed by atoms with Crippen molar-refractivity contribution in [2.75, 3.05) is 12.0 Å².